The molecular formula is C38H35ClF3N11O2S. The van der Waals surface area contributed by atoms with E-state index < -0.39 is 23.3 Å². The van der Waals surface area contributed by atoms with Gasteiger partial charge in [-0.3, -0.25) is 4.90 Å². The smallest absolute Gasteiger partial charge is 0.346 e. The van der Waals surface area contributed by atoms with Crippen molar-refractivity contribution in [1.82, 2.24) is 34.5 Å². The number of fused-ring (bicyclic) bond motifs is 3. The predicted octanol–water partition coefficient (Wildman–Crippen LogP) is 6.52. The number of anilines is 2. The van der Waals surface area contributed by atoms with Gasteiger partial charge in [0.2, 0.25) is 0 Å². The fourth-order valence-corrected chi connectivity index (χ4v) is 10.5. The Kier molecular flexibility index (Phi) is 8.94. The van der Waals surface area contributed by atoms with Gasteiger partial charge in [-0.15, -0.1) is 16.4 Å². The van der Waals surface area contributed by atoms with Gasteiger partial charge in [-0.05, 0) is 55.8 Å². The number of benzene rings is 2. The number of nitrogens with zero attached hydrogens (tertiary/aromatic N) is 10. The maximum Gasteiger partial charge on any atom is 0.346 e. The topological polar surface area (TPSA) is 166 Å². The van der Waals surface area contributed by atoms with Crippen molar-refractivity contribution in [3.05, 3.63) is 52.6 Å². The van der Waals surface area contributed by atoms with E-state index in [1.165, 1.54) is 18.5 Å². The van der Waals surface area contributed by atoms with Gasteiger partial charge in [-0.25, -0.2) is 22.9 Å². The number of aromatic nitrogens is 5. The van der Waals surface area contributed by atoms with Crippen molar-refractivity contribution in [2.75, 3.05) is 50.5 Å². The Morgan fingerprint density at radius 3 is 2.75 bits per heavy atom. The molecule has 9 rings (SSSR count). The van der Waals surface area contributed by atoms with Crippen molar-refractivity contribution in [1.29, 1.82) is 10.5 Å². The number of nitriles is 2. The molecule has 3 saturated heterocycles. The highest BCUT2D eigenvalue weighted by molar-refractivity contribution is 7.23. The van der Waals surface area contributed by atoms with Gasteiger partial charge in [-0.2, -0.15) is 25.2 Å². The number of nitrogens with two attached hydrogens (primary N) is 1. The van der Waals surface area contributed by atoms with Crippen LogP contribution in [0.15, 0.2) is 24.5 Å². The average molecular weight is 802 g/mol. The quantitative estimate of drug-likeness (QED) is 0.182. The van der Waals surface area contributed by atoms with E-state index in [9.17, 15) is 19.7 Å². The van der Waals surface area contributed by atoms with Gasteiger partial charge in [0.1, 0.15) is 53.4 Å². The molecule has 0 unspecified atom stereocenters. The molecule has 288 valence electrons. The van der Waals surface area contributed by atoms with Crippen LogP contribution in [-0.2, 0) is 0 Å². The molecule has 1 saturated carbocycles. The Morgan fingerprint density at radius 1 is 1.20 bits per heavy atom. The Hall–Kier alpha value is -5.23. The Balaban J connectivity index is 1.11. The molecule has 6 heterocycles. The third kappa shape index (κ3) is 5.78. The molecule has 4 aliphatic rings. The summed E-state index contributed by atoms with van der Waals surface area (Å²) in [4.78, 5) is 32.5. The molecule has 13 nitrogen and oxygen atoms in total. The van der Waals surface area contributed by atoms with Crippen LogP contribution >= 0.6 is 22.9 Å². The summed E-state index contributed by atoms with van der Waals surface area (Å²) in [5.41, 5.74) is 5.60. The highest BCUT2D eigenvalue weighted by atomic mass is 35.5. The van der Waals surface area contributed by atoms with Gasteiger partial charge in [0.25, 0.3) is 5.82 Å². The molecule has 4 atom stereocenters. The van der Waals surface area contributed by atoms with Crippen LogP contribution in [0.25, 0.3) is 32.1 Å². The van der Waals surface area contributed by atoms with Crippen molar-refractivity contribution in [3.63, 3.8) is 0 Å². The molecule has 5 aromatic rings. The van der Waals surface area contributed by atoms with Gasteiger partial charge in [0, 0.05) is 61.4 Å². The van der Waals surface area contributed by atoms with Crippen LogP contribution in [-0.4, -0.2) is 98.1 Å². The lowest BCUT2D eigenvalue weighted by molar-refractivity contribution is -0.0106. The molecule has 4 fully saturated rings. The monoisotopic (exact) mass is 801 g/mol. The number of carbonyl (C=O) groups excluding carboxylic acids is 1. The number of nitrogen functional groups attached to an aromatic ring is 1. The first kappa shape index (κ1) is 36.4. The number of likely N-dealkylation sites (tertiary alicyclic amines) is 1. The summed E-state index contributed by atoms with van der Waals surface area (Å²) in [6.07, 6.45) is 5.22. The van der Waals surface area contributed by atoms with E-state index in [2.05, 4.69) is 20.0 Å². The van der Waals surface area contributed by atoms with Crippen molar-refractivity contribution >= 4 is 60.8 Å². The molecule has 1 amide bonds. The summed E-state index contributed by atoms with van der Waals surface area (Å²) < 4.78 is 54.4. The van der Waals surface area contributed by atoms with E-state index in [1.807, 2.05) is 24.1 Å². The molecule has 0 spiro atoms. The number of hydrogen-bond acceptors (Lipinski definition) is 12. The number of rotatable bonds is 8. The molecule has 2 N–H and O–H groups in total. The molecule has 0 radical (unpaired) electrons. The van der Waals surface area contributed by atoms with Gasteiger partial charge in [-0.1, -0.05) is 24.1 Å². The standard InChI is InChI=1S/C38H35ClF3N11O2S/c1-50(14-20-15-52(32(20)19-4-2-5-19)37(54)53-18-46-27(13-44)49-53)35-23-10-25(39)29(22-6-7-26(41)33-28(22)24(12-43)34(45)56-33)30(42)31(23)47-36(48-35)55-17-38-8-3-9-51(38)16-21(40)11-38/h6-7,10,18-21,32H,2-5,8-9,11,14-17,45H2,1H3/t20-,21-,32-,38+/m1/s1. The minimum Gasteiger partial charge on any atom is -0.461 e. The van der Waals surface area contributed by atoms with E-state index in [0.717, 1.165) is 54.7 Å². The summed E-state index contributed by atoms with van der Waals surface area (Å²) in [6.45, 7) is 2.04. The maximum absolute atomic E-state index is 17.2. The van der Waals surface area contributed by atoms with Crippen LogP contribution in [0.4, 0.5) is 28.8 Å². The van der Waals surface area contributed by atoms with Crippen molar-refractivity contribution in [2.24, 2.45) is 11.8 Å². The van der Waals surface area contributed by atoms with E-state index in [0.29, 0.717) is 37.3 Å². The van der Waals surface area contributed by atoms with E-state index in [1.54, 1.807) is 11.0 Å². The number of amides is 1. The zero-order valence-corrected chi connectivity index (χ0v) is 31.8. The number of alkyl halides is 1. The lowest BCUT2D eigenvalue weighted by atomic mass is 9.70. The molecule has 56 heavy (non-hydrogen) atoms. The number of ether oxygens (including phenoxy) is 1. The van der Waals surface area contributed by atoms with Gasteiger partial charge >= 0.3 is 12.0 Å². The zero-order valence-electron chi connectivity index (χ0n) is 30.2. The lowest BCUT2D eigenvalue weighted by Crippen LogP contribution is -2.65. The summed E-state index contributed by atoms with van der Waals surface area (Å²) >= 11 is 7.81. The number of carbonyl (C=O) groups is 1. The van der Waals surface area contributed by atoms with Gasteiger partial charge in [0.05, 0.1) is 20.8 Å². The second-order valence-electron chi connectivity index (χ2n) is 15.3. The third-order valence-electron chi connectivity index (χ3n) is 12.1. The minimum atomic E-state index is -0.979. The third-order valence-corrected chi connectivity index (χ3v) is 13.4. The minimum absolute atomic E-state index is 0.00838. The first-order chi connectivity index (χ1) is 27.0. The summed E-state index contributed by atoms with van der Waals surface area (Å²) in [7, 11) is 1.82. The average Bonchev–Trinajstić information content (AvgIpc) is 3.93. The highest BCUT2D eigenvalue weighted by Gasteiger charge is 2.50. The predicted molar refractivity (Wildman–Crippen MR) is 203 cm³/mol. The fourth-order valence-electron chi connectivity index (χ4n) is 9.29. The van der Waals surface area contributed by atoms with Crippen LogP contribution in [0.1, 0.15) is 49.9 Å². The summed E-state index contributed by atoms with van der Waals surface area (Å²) in [5.74, 6) is -0.899. The highest BCUT2D eigenvalue weighted by Crippen LogP contribution is 2.47. The molecule has 1 aliphatic carbocycles. The first-order valence-corrected chi connectivity index (χ1v) is 19.7. The Morgan fingerprint density at radius 2 is 2.02 bits per heavy atom. The molecular weight excluding hydrogens is 767 g/mol. The Labute approximate surface area is 328 Å². The SMILES string of the molecule is CN(C[C@@H]1CN(C(=O)n2cnc(C#N)n2)[C@@H]1C1CCC1)c1nc(OC[C@@]23CCCN2C[C@H](F)C3)nc2c(F)c(-c3ccc(F)c4sc(N)c(C#N)c34)c(Cl)cc12. The molecule has 0 bridgehead atoms. The molecule has 2 aromatic carbocycles. The summed E-state index contributed by atoms with van der Waals surface area (Å²) in [5, 5.41) is 23.6. The van der Waals surface area contributed by atoms with E-state index >= 15 is 8.78 Å². The first-order valence-electron chi connectivity index (χ1n) is 18.5. The zero-order chi connectivity index (χ0) is 39.0. The maximum atomic E-state index is 17.2. The largest absolute Gasteiger partial charge is 0.461 e. The van der Waals surface area contributed by atoms with Crippen LogP contribution in [0.3, 0.4) is 0 Å². The van der Waals surface area contributed by atoms with Crippen molar-refractivity contribution < 1.29 is 22.7 Å². The molecule has 18 heteroatoms. The second-order valence-corrected chi connectivity index (χ2v) is 16.7. The second kappa shape index (κ2) is 13.8. The molecule has 3 aromatic heterocycles. The lowest BCUT2D eigenvalue weighted by Gasteiger charge is -2.54. The van der Waals surface area contributed by atoms with Crippen LogP contribution in [0, 0.1) is 46.1 Å². The Bertz CT molecular complexity index is 2510. The van der Waals surface area contributed by atoms with Gasteiger partial charge in [0.15, 0.2) is 5.82 Å². The van der Waals surface area contributed by atoms with Crippen molar-refractivity contribution in [3.8, 4) is 29.3 Å². The number of hydrogen-bond donors (Lipinski definition) is 1. The van der Waals surface area contributed by atoms with E-state index in [4.69, 9.17) is 27.1 Å². The van der Waals surface area contributed by atoms with E-state index in [-0.39, 0.29) is 84.7 Å². The van der Waals surface area contributed by atoms with Crippen molar-refractivity contribution in [2.45, 2.75) is 56.3 Å². The van der Waals surface area contributed by atoms with Crippen LogP contribution in [0.5, 0.6) is 6.01 Å². The summed E-state index contributed by atoms with van der Waals surface area (Å²) in [6, 6.07) is 7.42. The van der Waals surface area contributed by atoms with Gasteiger partial charge < -0.3 is 20.3 Å². The fraction of sp³-hybridized carbons (Fsp3) is 0.447. The molecule has 3 aliphatic heterocycles. The van der Waals surface area contributed by atoms with Crippen LogP contribution in [0.2, 0.25) is 5.02 Å². The number of halogens is 4. The normalized spacial score (nSPS) is 23.5. The number of thiophene rings is 1. The van der Waals surface area contributed by atoms with Crippen LogP contribution < -0.4 is 15.4 Å².